The molecule has 3 rings (SSSR count). The van der Waals surface area contributed by atoms with Crippen molar-refractivity contribution in [1.82, 2.24) is 10.3 Å². The molecule has 3 nitrogen and oxygen atoms in total. The summed E-state index contributed by atoms with van der Waals surface area (Å²) in [4.78, 5) is 19.6. The van der Waals surface area contributed by atoms with Crippen molar-refractivity contribution in [1.29, 1.82) is 0 Å². The van der Waals surface area contributed by atoms with Crippen LogP contribution in [0.15, 0.2) is 90.4 Å². The maximum Gasteiger partial charge on any atom is 0.253 e. The Bertz CT molecular complexity index is 1150. The number of amides is 1. The van der Waals surface area contributed by atoms with E-state index in [0.29, 0.717) is 5.56 Å². The van der Waals surface area contributed by atoms with Crippen molar-refractivity contribution in [3.8, 4) is 0 Å². The Kier molecular flexibility index (Phi) is 8.46. The number of nitrogens with zero attached hydrogens (tertiary/aromatic N) is 1. The molecule has 2 aromatic carbocycles. The van der Waals surface area contributed by atoms with Crippen LogP contribution in [0.4, 0.5) is 0 Å². The van der Waals surface area contributed by atoms with Crippen LogP contribution in [0.1, 0.15) is 54.8 Å². The smallest absolute Gasteiger partial charge is 0.253 e. The summed E-state index contributed by atoms with van der Waals surface area (Å²) >= 11 is 1.66. The van der Waals surface area contributed by atoms with Crippen LogP contribution < -0.4 is 5.32 Å². The molecule has 0 fully saturated rings. The molecule has 4 heteroatoms. The van der Waals surface area contributed by atoms with Crippen LogP contribution in [-0.4, -0.2) is 16.6 Å². The molecule has 32 heavy (non-hydrogen) atoms. The van der Waals surface area contributed by atoms with E-state index in [-0.39, 0.29) is 11.9 Å². The normalized spacial score (nSPS) is 12.8. The zero-order valence-corrected chi connectivity index (χ0v) is 19.8. The average Bonchev–Trinajstić information content (AvgIpc) is 2.83. The number of fused-ring (bicyclic) bond motifs is 1. The molecule has 0 aliphatic heterocycles. The van der Waals surface area contributed by atoms with Crippen LogP contribution in [0.25, 0.3) is 16.5 Å². The second-order valence-corrected chi connectivity index (χ2v) is 8.57. The fraction of sp³-hybridized carbons (Fsp3) is 0.214. The van der Waals surface area contributed by atoms with Gasteiger partial charge in [0.25, 0.3) is 5.91 Å². The van der Waals surface area contributed by atoms with Crippen molar-refractivity contribution in [3.05, 3.63) is 102 Å². The van der Waals surface area contributed by atoms with Gasteiger partial charge in [0.1, 0.15) is 0 Å². The predicted molar refractivity (Wildman–Crippen MR) is 138 cm³/mol. The number of carbonyl (C=O) groups is 1. The summed E-state index contributed by atoms with van der Waals surface area (Å²) in [5.41, 5.74) is 4.41. The third-order valence-corrected chi connectivity index (χ3v) is 6.25. The molecule has 164 valence electrons. The fourth-order valence-corrected chi connectivity index (χ4v) is 4.66. The van der Waals surface area contributed by atoms with Gasteiger partial charge in [0, 0.05) is 10.3 Å². The van der Waals surface area contributed by atoms with E-state index in [2.05, 4.69) is 37.9 Å². The molecule has 0 aliphatic rings. The molecule has 1 amide bonds. The Labute approximate surface area is 195 Å². The van der Waals surface area contributed by atoms with Crippen molar-refractivity contribution in [2.75, 3.05) is 5.75 Å². The summed E-state index contributed by atoms with van der Waals surface area (Å²) in [5.74, 6) is 0.769. The minimum Gasteiger partial charge on any atom is -0.345 e. The topological polar surface area (TPSA) is 42.0 Å². The van der Waals surface area contributed by atoms with E-state index in [1.807, 2.05) is 67.6 Å². The lowest BCUT2D eigenvalue weighted by molar-refractivity contribution is 0.0934. The molecule has 0 saturated heterocycles. The van der Waals surface area contributed by atoms with Crippen molar-refractivity contribution < 1.29 is 4.79 Å². The van der Waals surface area contributed by atoms with Crippen LogP contribution >= 0.6 is 11.8 Å². The van der Waals surface area contributed by atoms with E-state index in [4.69, 9.17) is 4.98 Å². The molecule has 1 heterocycles. The fourth-order valence-electron chi connectivity index (χ4n) is 3.72. The lowest BCUT2D eigenvalue weighted by Crippen LogP contribution is -2.29. The van der Waals surface area contributed by atoms with Gasteiger partial charge < -0.3 is 5.32 Å². The van der Waals surface area contributed by atoms with Gasteiger partial charge in [0.15, 0.2) is 0 Å². The Balaban J connectivity index is 2.19. The Morgan fingerprint density at radius 3 is 2.50 bits per heavy atom. The number of hydrogen-bond donors (Lipinski definition) is 1. The molecule has 0 aliphatic carbocycles. The number of aromatic nitrogens is 1. The van der Waals surface area contributed by atoms with Gasteiger partial charge in [-0.1, -0.05) is 93.3 Å². The minimum absolute atomic E-state index is 0.0552. The largest absolute Gasteiger partial charge is 0.345 e. The molecular formula is C28H30N2OS. The van der Waals surface area contributed by atoms with Gasteiger partial charge in [-0.2, -0.15) is 0 Å². The predicted octanol–water partition coefficient (Wildman–Crippen LogP) is 7.37. The van der Waals surface area contributed by atoms with Crippen LogP contribution in [0.5, 0.6) is 0 Å². The maximum absolute atomic E-state index is 13.8. The summed E-state index contributed by atoms with van der Waals surface area (Å²) in [5, 5.41) is 4.15. The number of pyridine rings is 1. The summed E-state index contributed by atoms with van der Waals surface area (Å²) < 4.78 is 0. The highest BCUT2D eigenvalue weighted by Crippen LogP contribution is 2.36. The molecule has 0 saturated carbocycles. The van der Waals surface area contributed by atoms with Crippen molar-refractivity contribution in [2.45, 2.75) is 38.1 Å². The van der Waals surface area contributed by atoms with Gasteiger partial charge in [-0.15, -0.1) is 11.8 Å². The molecule has 0 unspecified atom stereocenters. The second kappa shape index (κ2) is 11.5. The first-order valence-electron chi connectivity index (χ1n) is 11.0. The summed E-state index contributed by atoms with van der Waals surface area (Å²) in [6, 6.07) is 17.9. The van der Waals surface area contributed by atoms with E-state index >= 15 is 0 Å². The van der Waals surface area contributed by atoms with Crippen molar-refractivity contribution in [3.63, 3.8) is 0 Å². The summed E-state index contributed by atoms with van der Waals surface area (Å²) in [6.07, 6.45) is 8.47. The first-order valence-corrected chi connectivity index (χ1v) is 12.0. The first-order chi connectivity index (χ1) is 15.6. The molecule has 0 radical (unpaired) electrons. The lowest BCUT2D eigenvalue weighted by atomic mass is 10.0. The molecule has 3 aromatic rings. The number of para-hydroxylation sites is 1. The highest BCUT2D eigenvalue weighted by Gasteiger charge is 2.23. The van der Waals surface area contributed by atoms with Gasteiger partial charge in [-0.25, -0.2) is 4.98 Å². The Morgan fingerprint density at radius 2 is 1.84 bits per heavy atom. The third-order valence-electron chi connectivity index (χ3n) is 5.28. The average molecular weight is 443 g/mol. The number of carbonyl (C=O) groups excluding carboxylic acids is 1. The highest BCUT2D eigenvalue weighted by atomic mass is 32.2. The van der Waals surface area contributed by atoms with Gasteiger partial charge >= 0.3 is 0 Å². The number of hydrogen-bond acceptors (Lipinski definition) is 3. The molecule has 1 atom stereocenters. The van der Waals surface area contributed by atoms with Gasteiger partial charge in [0.05, 0.1) is 22.8 Å². The zero-order valence-electron chi connectivity index (χ0n) is 19.0. The molecular weight excluding hydrogens is 412 g/mol. The van der Waals surface area contributed by atoms with Crippen LogP contribution in [0.3, 0.4) is 0 Å². The van der Waals surface area contributed by atoms with E-state index in [1.54, 1.807) is 17.8 Å². The first kappa shape index (κ1) is 23.6. The second-order valence-electron chi connectivity index (χ2n) is 7.30. The minimum atomic E-state index is -0.0698. The van der Waals surface area contributed by atoms with E-state index in [1.165, 1.54) is 0 Å². The number of allylic oxidation sites excluding steroid dienone is 5. The van der Waals surface area contributed by atoms with E-state index < -0.39 is 0 Å². The van der Waals surface area contributed by atoms with E-state index in [0.717, 1.165) is 44.8 Å². The van der Waals surface area contributed by atoms with Crippen molar-refractivity contribution >= 4 is 34.1 Å². The Morgan fingerprint density at radius 1 is 1.12 bits per heavy atom. The molecule has 1 N–H and O–H groups in total. The standard InChI is InChI=1S/C28H30N2OS/c1-5-9-15-20(6-2)26-27(32-8-4)25(22-18-13-14-19-24(22)29-26)28(31)30-23(7-3)21-16-11-10-12-17-21/h5-6,9-19,23H,1,7-8H2,2-4H3,(H,30,31)/b15-9-,20-6+/t23-/m0/s1. The molecule has 0 spiro atoms. The summed E-state index contributed by atoms with van der Waals surface area (Å²) in [7, 11) is 0. The van der Waals surface area contributed by atoms with E-state index in [9.17, 15) is 4.79 Å². The molecule has 1 aromatic heterocycles. The number of benzene rings is 2. The Hall–Kier alpha value is -3.11. The van der Waals surface area contributed by atoms with Crippen LogP contribution in [0, 0.1) is 0 Å². The third kappa shape index (κ3) is 5.20. The monoisotopic (exact) mass is 442 g/mol. The van der Waals surface area contributed by atoms with Crippen molar-refractivity contribution in [2.24, 2.45) is 0 Å². The lowest BCUT2D eigenvalue weighted by Gasteiger charge is -2.21. The highest BCUT2D eigenvalue weighted by molar-refractivity contribution is 7.99. The number of rotatable bonds is 9. The van der Waals surface area contributed by atoms with Crippen LogP contribution in [0.2, 0.25) is 0 Å². The number of nitrogens with one attached hydrogen (secondary N) is 1. The number of thioether (sulfide) groups is 1. The molecule has 0 bridgehead atoms. The van der Waals surface area contributed by atoms with Gasteiger partial charge in [0.2, 0.25) is 0 Å². The van der Waals surface area contributed by atoms with Gasteiger partial charge in [-0.3, -0.25) is 4.79 Å². The SMILES string of the molecule is C=C/C=C\C(=C/C)c1nc2ccccc2c(C(=O)N[C@@H](CC)c2ccccc2)c1SCC. The zero-order chi connectivity index (χ0) is 22.9. The van der Waals surface area contributed by atoms with Gasteiger partial charge in [-0.05, 0) is 36.3 Å². The quantitative estimate of drug-likeness (QED) is 0.278. The summed E-state index contributed by atoms with van der Waals surface area (Å²) in [6.45, 7) is 9.96. The maximum atomic E-state index is 13.8. The van der Waals surface area contributed by atoms with Crippen LogP contribution in [-0.2, 0) is 0 Å².